The number of methoxy groups -OCH3 is 1. The number of ether oxygens (including phenoxy) is 1. The molecule has 1 amide bonds. The number of benzene rings is 1. The molecule has 1 aromatic carbocycles. The van der Waals surface area contributed by atoms with Crippen molar-refractivity contribution in [2.75, 3.05) is 19.0 Å². The first-order chi connectivity index (χ1) is 11.1. The molecule has 1 N–H and O–H groups in total. The number of nitrogens with zero attached hydrogens (tertiary/aromatic N) is 2. The fourth-order valence-electron chi connectivity index (χ4n) is 2.73. The molecule has 0 aliphatic heterocycles. The van der Waals surface area contributed by atoms with E-state index in [0.717, 1.165) is 28.0 Å². The molecule has 3 aromatic rings. The number of nitrogens with one attached hydrogen (secondary N) is 1. The standard InChI is InChI=1S/C18H19N3O2/c1-12-8-13(2)10-14(9-12)17-18(20-16(22)11-23-3)21-7-5-4-6-15(21)19-17/h4-10H,11H2,1-3H3,(H,20,22). The molecule has 0 spiro atoms. The lowest BCUT2D eigenvalue weighted by atomic mass is 10.1. The monoisotopic (exact) mass is 309 g/mol. The van der Waals surface area contributed by atoms with Crippen LogP contribution < -0.4 is 5.32 Å². The van der Waals surface area contributed by atoms with Gasteiger partial charge in [-0.25, -0.2) is 4.98 Å². The first-order valence-electron chi connectivity index (χ1n) is 7.43. The van der Waals surface area contributed by atoms with Gasteiger partial charge in [-0.1, -0.05) is 23.3 Å². The minimum atomic E-state index is -0.205. The highest BCUT2D eigenvalue weighted by atomic mass is 16.5. The molecule has 5 heteroatoms. The number of fused-ring (bicyclic) bond motifs is 1. The molecular weight excluding hydrogens is 290 g/mol. The SMILES string of the molecule is COCC(=O)Nc1c(-c2cc(C)cc(C)c2)nc2ccccn12. The number of amides is 1. The molecule has 5 nitrogen and oxygen atoms in total. The van der Waals surface area contributed by atoms with Gasteiger partial charge in [0.05, 0.1) is 0 Å². The third-order valence-corrected chi connectivity index (χ3v) is 3.56. The number of carbonyl (C=O) groups is 1. The van der Waals surface area contributed by atoms with Crippen LogP contribution in [0.25, 0.3) is 16.9 Å². The van der Waals surface area contributed by atoms with Crippen LogP contribution in [0.1, 0.15) is 11.1 Å². The van der Waals surface area contributed by atoms with Crippen LogP contribution in [0.2, 0.25) is 0 Å². The Morgan fingerprint density at radius 2 is 1.96 bits per heavy atom. The lowest BCUT2D eigenvalue weighted by Gasteiger charge is -2.08. The zero-order valence-corrected chi connectivity index (χ0v) is 13.5. The smallest absolute Gasteiger partial charge is 0.251 e. The van der Waals surface area contributed by atoms with Crippen LogP contribution in [0.3, 0.4) is 0 Å². The van der Waals surface area contributed by atoms with Crippen molar-refractivity contribution in [3.63, 3.8) is 0 Å². The Balaban J connectivity index is 2.17. The van der Waals surface area contributed by atoms with Crippen LogP contribution in [0.4, 0.5) is 5.82 Å². The Labute approximate surface area is 134 Å². The molecule has 0 unspecified atom stereocenters. The van der Waals surface area contributed by atoms with Crippen LogP contribution in [0.15, 0.2) is 42.6 Å². The van der Waals surface area contributed by atoms with Gasteiger partial charge >= 0.3 is 0 Å². The first kappa shape index (κ1) is 15.2. The maximum atomic E-state index is 12.0. The molecular formula is C18H19N3O2. The largest absolute Gasteiger partial charge is 0.375 e. The fraction of sp³-hybridized carbons (Fsp3) is 0.222. The van der Waals surface area contributed by atoms with Gasteiger partial charge in [-0.15, -0.1) is 0 Å². The second-order valence-corrected chi connectivity index (χ2v) is 5.60. The number of hydrogen-bond donors (Lipinski definition) is 1. The number of rotatable bonds is 4. The molecule has 0 fully saturated rings. The van der Waals surface area contributed by atoms with Gasteiger partial charge in [0.15, 0.2) is 0 Å². The number of imidazole rings is 1. The zero-order valence-electron chi connectivity index (χ0n) is 13.5. The van der Waals surface area contributed by atoms with Gasteiger partial charge in [0, 0.05) is 18.9 Å². The summed E-state index contributed by atoms with van der Waals surface area (Å²) in [4.78, 5) is 16.7. The van der Waals surface area contributed by atoms with Crippen LogP contribution in [0.5, 0.6) is 0 Å². The Morgan fingerprint density at radius 3 is 2.65 bits per heavy atom. The predicted octanol–water partition coefficient (Wildman–Crippen LogP) is 3.20. The van der Waals surface area contributed by atoms with E-state index < -0.39 is 0 Å². The highest BCUT2D eigenvalue weighted by molar-refractivity contribution is 5.95. The molecule has 0 aliphatic carbocycles. The molecule has 3 rings (SSSR count). The summed E-state index contributed by atoms with van der Waals surface area (Å²) in [6.45, 7) is 4.11. The highest BCUT2D eigenvalue weighted by Gasteiger charge is 2.16. The molecule has 118 valence electrons. The van der Waals surface area contributed by atoms with Crippen molar-refractivity contribution in [2.24, 2.45) is 0 Å². The highest BCUT2D eigenvalue weighted by Crippen LogP contribution is 2.30. The zero-order chi connectivity index (χ0) is 16.4. The summed E-state index contributed by atoms with van der Waals surface area (Å²) in [5, 5.41) is 2.91. The van der Waals surface area contributed by atoms with E-state index in [9.17, 15) is 4.79 Å². The number of carbonyl (C=O) groups excluding carboxylic acids is 1. The van der Waals surface area contributed by atoms with Gasteiger partial charge in [0.1, 0.15) is 23.8 Å². The second kappa shape index (κ2) is 6.22. The maximum Gasteiger partial charge on any atom is 0.251 e. The van der Waals surface area contributed by atoms with Crippen LogP contribution in [-0.4, -0.2) is 29.0 Å². The number of hydrogen-bond acceptors (Lipinski definition) is 3. The molecule has 23 heavy (non-hydrogen) atoms. The average molecular weight is 309 g/mol. The van der Waals surface area contributed by atoms with Crippen molar-refractivity contribution in [2.45, 2.75) is 13.8 Å². The van der Waals surface area contributed by atoms with Gasteiger partial charge < -0.3 is 10.1 Å². The second-order valence-electron chi connectivity index (χ2n) is 5.60. The molecule has 0 saturated heterocycles. The Hall–Kier alpha value is -2.66. The van der Waals surface area contributed by atoms with Crippen molar-refractivity contribution >= 4 is 17.4 Å². The number of anilines is 1. The summed E-state index contributed by atoms with van der Waals surface area (Å²) in [7, 11) is 1.50. The van der Waals surface area contributed by atoms with Crippen molar-refractivity contribution in [1.29, 1.82) is 0 Å². The van der Waals surface area contributed by atoms with E-state index in [-0.39, 0.29) is 12.5 Å². The summed E-state index contributed by atoms with van der Waals surface area (Å²) in [6, 6.07) is 12.0. The normalized spacial score (nSPS) is 10.9. The van der Waals surface area contributed by atoms with E-state index in [1.54, 1.807) is 0 Å². The lowest BCUT2D eigenvalue weighted by molar-refractivity contribution is -0.119. The van der Waals surface area contributed by atoms with Crippen molar-refractivity contribution in [3.05, 3.63) is 53.7 Å². The number of pyridine rings is 1. The van der Waals surface area contributed by atoms with Gasteiger partial charge in [-0.2, -0.15) is 0 Å². The molecule has 0 radical (unpaired) electrons. The minimum Gasteiger partial charge on any atom is -0.375 e. The van der Waals surface area contributed by atoms with E-state index in [4.69, 9.17) is 4.74 Å². The summed E-state index contributed by atoms with van der Waals surface area (Å²) >= 11 is 0. The molecule has 0 saturated carbocycles. The van der Waals surface area contributed by atoms with E-state index in [0.29, 0.717) is 5.82 Å². The summed E-state index contributed by atoms with van der Waals surface area (Å²) in [5.74, 6) is 0.455. The van der Waals surface area contributed by atoms with E-state index in [2.05, 4.69) is 42.3 Å². The third kappa shape index (κ3) is 3.10. The Kier molecular flexibility index (Phi) is 4.12. The lowest BCUT2D eigenvalue weighted by Crippen LogP contribution is -2.18. The van der Waals surface area contributed by atoms with Gasteiger partial charge in [-0.05, 0) is 38.1 Å². The van der Waals surface area contributed by atoms with Crippen LogP contribution in [0, 0.1) is 13.8 Å². The van der Waals surface area contributed by atoms with E-state index in [1.165, 1.54) is 7.11 Å². The molecule has 0 atom stereocenters. The van der Waals surface area contributed by atoms with Gasteiger partial charge in [0.2, 0.25) is 0 Å². The molecule has 0 bridgehead atoms. The quantitative estimate of drug-likeness (QED) is 0.805. The summed E-state index contributed by atoms with van der Waals surface area (Å²) in [6.07, 6.45) is 1.89. The van der Waals surface area contributed by atoms with Crippen LogP contribution in [-0.2, 0) is 9.53 Å². The van der Waals surface area contributed by atoms with E-state index >= 15 is 0 Å². The molecule has 0 aliphatic rings. The van der Waals surface area contributed by atoms with Crippen molar-refractivity contribution in [1.82, 2.24) is 9.38 Å². The average Bonchev–Trinajstić information content (AvgIpc) is 2.85. The summed E-state index contributed by atoms with van der Waals surface area (Å²) < 4.78 is 6.78. The Bertz CT molecular complexity index is 848. The molecule has 2 heterocycles. The van der Waals surface area contributed by atoms with Crippen molar-refractivity contribution in [3.8, 4) is 11.3 Å². The fourth-order valence-corrected chi connectivity index (χ4v) is 2.73. The predicted molar refractivity (Wildman–Crippen MR) is 90.6 cm³/mol. The minimum absolute atomic E-state index is 0.00630. The number of aromatic nitrogens is 2. The van der Waals surface area contributed by atoms with E-state index in [1.807, 2.05) is 28.8 Å². The molecule has 2 aromatic heterocycles. The van der Waals surface area contributed by atoms with Crippen LogP contribution >= 0.6 is 0 Å². The maximum absolute atomic E-state index is 12.0. The summed E-state index contributed by atoms with van der Waals surface area (Å²) in [5.41, 5.74) is 4.85. The van der Waals surface area contributed by atoms with Gasteiger partial charge in [-0.3, -0.25) is 9.20 Å². The third-order valence-electron chi connectivity index (χ3n) is 3.56. The Morgan fingerprint density at radius 1 is 1.22 bits per heavy atom. The first-order valence-corrected chi connectivity index (χ1v) is 7.43. The van der Waals surface area contributed by atoms with Crippen molar-refractivity contribution < 1.29 is 9.53 Å². The number of aryl methyl sites for hydroxylation is 2. The topological polar surface area (TPSA) is 55.6 Å². The van der Waals surface area contributed by atoms with Gasteiger partial charge in [0.25, 0.3) is 5.91 Å².